The van der Waals surface area contributed by atoms with Crippen LogP contribution in [0.1, 0.15) is 42.2 Å². The largest absolute Gasteiger partial charge is 0.422 e. The molecule has 3 rings (SSSR count). The molecular formula is C20H13FO4S. The Morgan fingerprint density at radius 3 is 1.88 bits per heavy atom. The van der Waals surface area contributed by atoms with Crippen molar-refractivity contribution < 1.29 is 23.5 Å². The van der Waals surface area contributed by atoms with E-state index >= 15 is 0 Å². The van der Waals surface area contributed by atoms with E-state index in [0.717, 1.165) is 11.3 Å². The molecule has 6 heteroatoms. The highest BCUT2D eigenvalue weighted by atomic mass is 32.1. The summed E-state index contributed by atoms with van der Waals surface area (Å²) in [6.45, 7) is 1.43. The summed E-state index contributed by atoms with van der Waals surface area (Å²) < 4.78 is 18.2. The van der Waals surface area contributed by atoms with Crippen LogP contribution in [0.2, 0.25) is 0 Å². The van der Waals surface area contributed by atoms with Gasteiger partial charge in [-0.1, -0.05) is 0 Å². The number of ketones is 2. The molecule has 0 fully saturated rings. The number of carbonyl (C=O) groups is 3. The molecule has 2 aromatic carbocycles. The molecule has 0 unspecified atom stereocenters. The molecule has 0 radical (unpaired) electrons. The molecule has 0 aliphatic heterocycles. The highest BCUT2D eigenvalue weighted by Gasteiger charge is 2.14. The third-order valence-corrected chi connectivity index (χ3v) is 4.75. The van der Waals surface area contributed by atoms with E-state index in [9.17, 15) is 18.8 Å². The quantitative estimate of drug-likeness (QED) is 0.377. The van der Waals surface area contributed by atoms with Crippen LogP contribution in [0.25, 0.3) is 0 Å². The molecule has 0 saturated heterocycles. The molecule has 0 aliphatic carbocycles. The molecule has 0 aliphatic rings. The van der Waals surface area contributed by atoms with Crippen molar-refractivity contribution >= 4 is 28.9 Å². The van der Waals surface area contributed by atoms with Gasteiger partial charge < -0.3 is 4.74 Å². The average Bonchev–Trinajstić information content (AvgIpc) is 3.13. The third-order valence-electron chi connectivity index (χ3n) is 3.59. The van der Waals surface area contributed by atoms with Crippen LogP contribution in [-0.4, -0.2) is 17.5 Å². The lowest BCUT2D eigenvalue weighted by atomic mass is 10.0. The van der Waals surface area contributed by atoms with Gasteiger partial charge in [0.1, 0.15) is 16.4 Å². The van der Waals surface area contributed by atoms with Gasteiger partial charge in [0.15, 0.2) is 11.6 Å². The van der Waals surface area contributed by atoms with Crippen LogP contribution >= 0.6 is 11.3 Å². The van der Waals surface area contributed by atoms with Crippen LogP contribution in [0.3, 0.4) is 0 Å². The second kappa shape index (κ2) is 7.41. The molecule has 0 N–H and O–H groups in total. The lowest BCUT2D eigenvalue weighted by Gasteiger charge is -2.05. The first-order chi connectivity index (χ1) is 12.4. The fraction of sp³-hybridized carbons (Fsp3) is 0.0500. The minimum absolute atomic E-state index is 0.113. The minimum Gasteiger partial charge on any atom is -0.422 e. The topological polar surface area (TPSA) is 60.4 Å². The summed E-state index contributed by atoms with van der Waals surface area (Å²) in [7, 11) is 0. The molecule has 0 atom stereocenters. The summed E-state index contributed by atoms with van der Waals surface area (Å²) in [6.07, 6.45) is 0. The molecule has 26 heavy (non-hydrogen) atoms. The highest BCUT2D eigenvalue weighted by Crippen LogP contribution is 2.21. The van der Waals surface area contributed by atoms with E-state index in [-0.39, 0.29) is 17.3 Å². The van der Waals surface area contributed by atoms with E-state index in [0.29, 0.717) is 20.9 Å². The Morgan fingerprint density at radius 2 is 1.35 bits per heavy atom. The van der Waals surface area contributed by atoms with Crippen LogP contribution in [0.5, 0.6) is 5.75 Å². The molecule has 1 heterocycles. The van der Waals surface area contributed by atoms with Gasteiger partial charge in [0, 0.05) is 11.1 Å². The Kier molecular flexibility index (Phi) is 5.04. The van der Waals surface area contributed by atoms with E-state index in [1.807, 2.05) is 0 Å². The average molecular weight is 368 g/mol. The van der Waals surface area contributed by atoms with Crippen LogP contribution in [0.4, 0.5) is 4.39 Å². The van der Waals surface area contributed by atoms with Crippen LogP contribution < -0.4 is 4.74 Å². The van der Waals surface area contributed by atoms with Gasteiger partial charge in [-0.3, -0.25) is 9.59 Å². The molecule has 0 bridgehead atoms. The van der Waals surface area contributed by atoms with Crippen molar-refractivity contribution in [3.05, 3.63) is 87.4 Å². The maximum atomic E-state index is 12.9. The highest BCUT2D eigenvalue weighted by molar-refractivity contribution is 7.15. The Balaban J connectivity index is 1.70. The van der Waals surface area contributed by atoms with E-state index < -0.39 is 11.8 Å². The first-order valence-electron chi connectivity index (χ1n) is 7.67. The minimum atomic E-state index is -0.569. The van der Waals surface area contributed by atoms with Crippen molar-refractivity contribution in [3.8, 4) is 5.75 Å². The standard InChI is InChI=1S/C20H13FO4S/c1-12(22)17-10-11-18(26-17)20(24)25-16-8-4-14(5-9-16)19(23)13-2-6-15(21)7-3-13/h2-11H,1H3. The van der Waals surface area contributed by atoms with Gasteiger partial charge in [-0.15, -0.1) is 11.3 Å². The molecule has 1 aromatic heterocycles. The zero-order valence-electron chi connectivity index (χ0n) is 13.7. The number of thiophene rings is 1. The van der Waals surface area contributed by atoms with Gasteiger partial charge >= 0.3 is 5.97 Å². The van der Waals surface area contributed by atoms with Crippen LogP contribution in [0, 0.1) is 5.82 Å². The number of hydrogen-bond acceptors (Lipinski definition) is 5. The van der Waals surface area contributed by atoms with Crippen molar-refractivity contribution in [3.63, 3.8) is 0 Å². The Morgan fingerprint density at radius 1 is 0.808 bits per heavy atom. The number of benzene rings is 2. The van der Waals surface area contributed by atoms with Crippen LogP contribution in [-0.2, 0) is 0 Å². The number of ether oxygens (including phenoxy) is 1. The molecule has 0 saturated carbocycles. The Bertz CT molecular complexity index is 972. The van der Waals surface area contributed by atoms with E-state index in [2.05, 4.69) is 0 Å². The van der Waals surface area contributed by atoms with E-state index in [4.69, 9.17) is 4.74 Å². The van der Waals surface area contributed by atoms with Crippen molar-refractivity contribution in [1.29, 1.82) is 0 Å². The number of carbonyl (C=O) groups excluding carboxylic acids is 3. The van der Waals surface area contributed by atoms with Gasteiger partial charge in [0.25, 0.3) is 0 Å². The van der Waals surface area contributed by atoms with Crippen molar-refractivity contribution in [2.24, 2.45) is 0 Å². The predicted molar refractivity (Wildman–Crippen MR) is 95.6 cm³/mol. The molecule has 0 spiro atoms. The molecule has 3 aromatic rings. The maximum absolute atomic E-state index is 12.9. The number of hydrogen-bond donors (Lipinski definition) is 0. The number of esters is 1. The molecular weight excluding hydrogens is 355 g/mol. The first kappa shape index (κ1) is 17.7. The van der Waals surface area contributed by atoms with Gasteiger partial charge in [-0.2, -0.15) is 0 Å². The number of rotatable bonds is 5. The zero-order valence-corrected chi connectivity index (χ0v) is 14.5. The fourth-order valence-electron chi connectivity index (χ4n) is 2.24. The lowest BCUT2D eigenvalue weighted by molar-refractivity contribution is 0.0739. The second-order valence-corrected chi connectivity index (χ2v) is 6.55. The summed E-state index contributed by atoms with van der Waals surface area (Å²) in [4.78, 5) is 36.5. The van der Waals surface area contributed by atoms with Crippen molar-refractivity contribution in [2.75, 3.05) is 0 Å². The smallest absolute Gasteiger partial charge is 0.353 e. The van der Waals surface area contributed by atoms with Gasteiger partial charge in [-0.25, -0.2) is 9.18 Å². The van der Waals surface area contributed by atoms with Crippen LogP contribution in [0.15, 0.2) is 60.7 Å². The summed E-state index contributed by atoms with van der Waals surface area (Å²) in [6, 6.07) is 14.5. The monoisotopic (exact) mass is 368 g/mol. The van der Waals surface area contributed by atoms with Gasteiger partial charge in [0.05, 0.1) is 4.88 Å². The lowest BCUT2D eigenvalue weighted by Crippen LogP contribution is -2.07. The van der Waals surface area contributed by atoms with E-state index in [1.165, 1.54) is 61.5 Å². The third kappa shape index (κ3) is 3.92. The second-order valence-electron chi connectivity index (χ2n) is 5.47. The fourth-order valence-corrected chi connectivity index (χ4v) is 3.01. The van der Waals surface area contributed by atoms with Crippen molar-refractivity contribution in [2.45, 2.75) is 6.92 Å². The van der Waals surface area contributed by atoms with E-state index in [1.54, 1.807) is 6.07 Å². The normalized spacial score (nSPS) is 10.4. The summed E-state index contributed by atoms with van der Waals surface area (Å²) >= 11 is 1.07. The number of halogens is 1. The summed E-state index contributed by atoms with van der Waals surface area (Å²) in [5, 5.41) is 0. The van der Waals surface area contributed by atoms with Crippen molar-refractivity contribution in [1.82, 2.24) is 0 Å². The summed E-state index contributed by atoms with van der Waals surface area (Å²) in [5.74, 6) is -1.07. The number of Topliss-reactive ketones (excluding diaryl/α,β-unsaturated/α-hetero) is 1. The molecule has 4 nitrogen and oxygen atoms in total. The van der Waals surface area contributed by atoms with Gasteiger partial charge in [0.2, 0.25) is 0 Å². The zero-order chi connectivity index (χ0) is 18.7. The Hall–Kier alpha value is -3.12. The Labute approximate surface area is 152 Å². The molecule has 0 amide bonds. The van der Waals surface area contributed by atoms with Gasteiger partial charge in [-0.05, 0) is 67.6 Å². The molecule has 130 valence electrons. The predicted octanol–water partition coefficient (Wildman–Crippen LogP) is 4.54. The summed E-state index contributed by atoms with van der Waals surface area (Å²) in [5.41, 5.74) is 0.762. The first-order valence-corrected chi connectivity index (χ1v) is 8.49. The SMILES string of the molecule is CC(=O)c1ccc(C(=O)Oc2ccc(C(=O)c3ccc(F)cc3)cc2)s1. The maximum Gasteiger partial charge on any atom is 0.353 e.